The standard InChI is InChI=1S/C36H21NO4S3/c38-43(39)31-17-5-6-18-32(31)44(40,41)34-21-22(19-20-33(34)43)23-11-7-15-29-35(23)36-28(14-8-16-30(36)42-29)37-26-12-3-1-9-24(26)25-10-2-4-13-27(25)37/h1-21H. The van der Waals surface area contributed by atoms with Crippen molar-refractivity contribution in [1.29, 1.82) is 0 Å². The fourth-order valence-electron chi connectivity index (χ4n) is 6.70. The number of hydrogen-bond donors (Lipinski definition) is 0. The molecule has 0 saturated carbocycles. The van der Waals surface area contributed by atoms with Gasteiger partial charge in [0.25, 0.3) is 0 Å². The normalized spacial score (nSPS) is 15.1. The smallest absolute Gasteiger partial charge is 0.209 e. The molecule has 44 heavy (non-hydrogen) atoms. The number of sulfone groups is 2. The molecule has 212 valence electrons. The maximum Gasteiger partial charge on any atom is 0.209 e. The van der Waals surface area contributed by atoms with Crippen LogP contribution in [-0.4, -0.2) is 21.4 Å². The Bertz CT molecular complexity index is 2700. The molecule has 0 fully saturated rings. The zero-order valence-corrected chi connectivity index (χ0v) is 25.4. The molecule has 0 saturated heterocycles. The lowest BCUT2D eigenvalue weighted by molar-refractivity contribution is 0.570. The molecule has 8 heteroatoms. The van der Waals surface area contributed by atoms with E-state index in [1.54, 1.807) is 29.5 Å². The molecular weight excluding hydrogens is 607 g/mol. The maximum atomic E-state index is 13.8. The fourth-order valence-corrected chi connectivity index (χ4v) is 12.0. The number of fused-ring (bicyclic) bond motifs is 8. The zero-order chi connectivity index (χ0) is 29.8. The summed E-state index contributed by atoms with van der Waals surface area (Å²) >= 11 is 1.68. The molecule has 0 spiro atoms. The molecule has 5 nitrogen and oxygen atoms in total. The summed E-state index contributed by atoms with van der Waals surface area (Å²) in [6, 6.07) is 39.6. The van der Waals surface area contributed by atoms with Gasteiger partial charge in [-0.3, -0.25) is 0 Å². The van der Waals surface area contributed by atoms with E-state index in [9.17, 15) is 16.8 Å². The highest BCUT2D eigenvalue weighted by molar-refractivity contribution is 7.97. The second kappa shape index (κ2) is 8.89. The van der Waals surface area contributed by atoms with Crippen molar-refractivity contribution < 1.29 is 16.8 Å². The highest BCUT2D eigenvalue weighted by Crippen LogP contribution is 2.46. The summed E-state index contributed by atoms with van der Waals surface area (Å²) in [5.74, 6) is 0. The predicted octanol–water partition coefficient (Wildman–Crippen LogP) is 8.80. The van der Waals surface area contributed by atoms with Gasteiger partial charge in [0.15, 0.2) is 0 Å². The average molecular weight is 628 g/mol. The largest absolute Gasteiger partial charge is 0.309 e. The van der Waals surface area contributed by atoms with Crippen LogP contribution in [-0.2, 0) is 19.7 Å². The molecule has 8 aromatic rings. The molecule has 0 N–H and O–H groups in total. The van der Waals surface area contributed by atoms with Crippen molar-refractivity contribution in [1.82, 2.24) is 4.57 Å². The number of nitrogens with zero attached hydrogens (tertiary/aromatic N) is 1. The van der Waals surface area contributed by atoms with Gasteiger partial charge in [0.1, 0.15) is 0 Å². The molecular formula is C36H21NO4S3. The molecule has 0 amide bonds. The lowest BCUT2D eigenvalue weighted by Gasteiger charge is -2.21. The van der Waals surface area contributed by atoms with E-state index in [0.717, 1.165) is 42.5 Å². The molecule has 6 aromatic carbocycles. The molecule has 1 aliphatic heterocycles. The summed E-state index contributed by atoms with van der Waals surface area (Å²) in [4.78, 5) is -0.736. The molecule has 0 unspecified atom stereocenters. The third kappa shape index (κ3) is 3.33. The van der Waals surface area contributed by atoms with Crippen molar-refractivity contribution in [3.05, 3.63) is 127 Å². The maximum absolute atomic E-state index is 13.8. The predicted molar refractivity (Wildman–Crippen MR) is 176 cm³/mol. The van der Waals surface area contributed by atoms with Gasteiger partial charge in [0.05, 0.1) is 36.3 Å². The molecule has 1 aliphatic rings. The number of benzene rings is 6. The molecule has 0 atom stereocenters. The Hall–Kier alpha value is -4.76. The van der Waals surface area contributed by atoms with E-state index in [1.165, 1.54) is 35.0 Å². The van der Waals surface area contributed by atoms with Crippen molar-refractivity contribution in [3.8, 4) is 16.8 Å². The van der Waals surface area contributed by atoms with Gasteiger partial charge in [-0.1, -0.05) is 72.8 Å². The van der Waals surface area contributed by atoms with Gasteiger partial charge in [0.2, 0.25) is 19.7 Å². The van der Waals surface area contributed by atoms with Gasteiger partial charge < -0.3 is 4.57 Å². The van der Waals surface area contributed by atoms with Crippen LogP contribution in [0.25, 0.3) is 58.8 Å². The summed E-state index contributed by atoms with van der Waals surface area (Å²) < 4.78 is 59.0. The quantitative estimate of drug-likeness (QED) is 0.192. The number of rotatable bonds is 2. The monoisotopic (exact) mass is 627 g/mol. The summed E-state index contributed by atoms with van der Waals surface area (Å²) in [6.07, 6.45) is 0. The first-order valence-electron chi connectivity index (χ1n) is 14.0. The topological polar surface area (TPSA) is 73.2 Å². The van der Waals surface area contributed by atoms with Crippen LogP contribution in [0.15, 0.2) is 147 Å². The SMILES string of the molecule is O=S1(=O)c2ccccc2S(=O)(=O)c2cc(-c3cccc4sc5cccc(-n6c7ccccc7c7ccccc76)c5c34)ccc21. The minimum Gasteiger partial charge on any atom is -0.309 e. The molecule has 0 radical (unpaired) electrons. The average Bonchev–Trinajstić information content (AvgIpc) is 3.60. The lowest BCUT2D eigenvalue weighted by Crippen LogP contribution is -2.19. The highest BCUT2D eigenvalue weighted by Gasteiger charge is 2.39. The first kappa shape index (κ1) is 25.7. The van der Waals surface area contributed by atoms with Gasteiger partial charge in [-0.05, 0) is 65.7 Å². The Kier molecular flexibility index (Phi) is 5.19. The van der Waals surface area contributed by atoms with E-state index in [-0.39, 0.29) is 19.6 Å². The van der Waals surface area contributed by atoms with Gasteiger partial charge >= 0.3 is 0 Å². The summed E-state index contributed by atoms with van der Waals surface area (Å²) in [5.41, 5.74) is 4.71. The lowest BCUT2D eigenvalue weighted by atomic mass is 9.98. The summed E-state index contributed by atoms with van der Waals surface area (Å²) in [7, 11) is -8.05. The number of hydrogen-bond acceptors (Lipinski definition) is 5. The first-order valence-corrected chi connectivity index (χ1v) is 17.8. The third-order valence-corrected chi connectivity index (χ3v) is 13.7. The number of thiophene rings is 1. The molecule has 2 aromatic heterocycles. The van der Waals surface area contributed by atoms with Crippen molar-refractivity contribution in [2.24, 2.45) is 0 Å². The Morgan fingerprint density at radius 1 is 0.477 bits per heavy atom. The van der Waals surface area contributed by atoms with Crippen LogP contribution in [0.3, 0.4) is 0 Å². The second-order valence-corrected chi connectivity index (χ2v) is 15.8. The van der Waals surface area contributed by atoms with Crippen LogP contribution in [0.5, 0.6) is 0 Å². The van der Waals surface area contributed by atoms with Crippen molar-refractivity contribution in [2.75, 3.05) is 0 Å². The molecule has 0 aliphatic carbocycles. The van der Waals surface area contributed by atoms with E-state index in [2.05, 4.69) is 77.4 Å². The summed E-state index contributed by atoms with van der Waals surface area (Å²) in [6.45, 7) is 0. The van der Waals surface area contributed by atoms with Crippen molar-refractivity contribution >= 4 is 73.0 Å². The molecule has 9 rings (SSSR count). The van der Waals surface area contributed by atoms with Crippen LogP contribution < -0.4 is 0 Å². The Labute approximate surface area is 257 Å². The van der Waals surface area contributed by atoms with E-state index in [0.29, 0.717) is 5.56 Å². The molecule has 3 heterocycles. The Morgan fingerprint density at radius 3 is 1.70 bits per heavy atom. The van der Waals surface area contributed by atoms with Crippen LogP contribution in [0.4, 0.5) is 0 Å². The minimum absolute atomic E-state index is 0.179. The van der Waals surface area contributed by atoms with Crippen molar-refractivity contribution in [2.45, 2.75) is 19.6 Å². The second-order valence-electron chi connectivity index (χ2n) is 10.9. The highest BCUT2D eigenvalue weighted by atomic mass is 32.2. The van der Waals surface area contributed by atoms with Gasteiger partial charge in [-0.25, -0.2) is 16.8 Å². The first-order chi connectivity index (χ1) is 21.4. The van der Waals surface area contributed by atoms with Crippen molar-refractivity contribution in [3.63, 3.8) is 0 Å². The van der Waals surface area contributed by atoms with Gasteiger partial charge in [-0.15, -0.1) is 11.3 Å². The fraction of sp³-hybridized carbons (Fsp3) is 0. The van der Waals surface area contributed by atoms with E-state index in [4.69, 9.17) is 0 Å². The third-order valence-electron chi connectivity index (χ3n) is 8.58. The molecule has 0 bridgehead atoms. The van der Waals surface area contributed by atoms with Crippen LogP contribution in [0, 0.1) is 0 Å². The van der Waals surface area contributed by atoms with Crippen LogP contribution in [0.2, 0.25) is 0 Å². The zero-order valence-electron chi connectivity index (χ0n) is 22.9. The van der Waals surface area contributed by atoms with E-state index >= 15 is 0 Å². The Morgan fingerprint density at radius 2 is 1.02 bits per heavy atom. The number of para-hydroxylation sites is 2. The summed E-state index contributed by atoms with van der Waals surface area (Å²) in [5, 5.41) is 4.40. The van der Waals surface area contributed by atoms with Crippen LogP contribution >= 0.6 is 11.3 Å². The van der Waals surface area contributed by atoms with Gasteiger partial charge in [-0.2, -0.15) is 0 Å². The van der Waals surface area contributed by atoms with E-state index in [1.807, 2.05) is 12.1 Å². The van der Waals surface area contributed by atoms with E-state index < -0.39 is 19.7 Å². The minimum atomic E-state index is -4.06. The Balaban J connectivity index is 1.36. The number of aromatic nitrogens is 1. The van der Waals surface area contributed by atoms with Gasteiger partial charge in [0, 0.05) is 30.9 Å². The van der Waals surface area contributed by atoms with Crippen LogP contribution in [0.1, 0.15) is 0 Å².